The molecule has 12 nitrogen and oxygen atoms in total. The van der Waals surface area contributed by atoms with Crippen LogP contribution in [0.4, 0.5) is 17.1 Å². The molecule has 12 heteroatoms. The number of rotatable bonds is 6. The van der Waals surface area contributed by atoms with Gasteiger partial charge in [-0.2, -0.15) is 0 Å². The summed E-state index contributed by atoms with van der Waals surface area (Å²) in [5, 5.41) is 16.8. The number of morpholine rings is 1. The molecule has 3 aromatic rings. The van der Waals surface area contributed by atoms with Gasteiger partial charge in [-0.15, -0.1) is 0 Å². The number of aromatic amines is 1. The van der Waals surface area contributed by atoms with E-state index in [2.05, 4.69) is 20.0 Å². The van der Waals surface area contributed by atoms with Crippen molar-refractivity contribution in [3.8, 4) is 11.4 Å². The SMILES string of the molecule is O=C(Nc1ccc(-c2noc(=O)[nH]2)cc1)[C@H](O)[C@H]1OCCN(c2cccc(N3CCCC3=O)c2)C1=O. The largest absolute Gasteiger partial charge is 0.439 e. The number of aromatic nitrogens is 2. The van der Waals surface area contributed by atoms with Gasteiger partial charge in [0.05, 0.1) is 6.61 Å². The van der Waals surface area contributed by atoms with Crippen molar-refractivity contribution in [1.29, 1.82) is 0 Å². The van der Waals surface area contributed by atoms with Crippen LogP contribution in [0.5, 0.6) is 0 Å². The topological polar surface area (TPSA) is 158 Å². The molecular weight excluding hydrogens is 470 g/mol. The molecule has 3 N–H and O–H groups in total. The molecule has 0 radical (unpaired) electrons. The number of hydrogen-bond acceptors (Lipinski definition) is 8. The molecule has 2 aliphatic rings. The van der Waals surface area contributed by atoms with Crippen LogP contribution in [0.3, 0.4) is 0 Å². The average Bonchev–Trinajstić information content (AvgIpc) is 3.52. The van der Waals surface area contributed by atoms with Gasteiger partial charge < -0.3 is 25.0 Å². The zero-order chi connectivity index (χ0) is 25.2. The highest BCUT2D eigenvalue weighted by Gasteiger charge is 2.39. The van der Waals surface area contributed by atoms with Gasteiger partial charge in [0.1, 0.15) is 0 Å². The molecule has 2 aromatic carbocycles. The minimum Gasteiger partial charge on any atom is -0.380 e. The van der Waals surface area contributed by atoms with E-state index < -0.39 is 29.8 Å². The summed E-state index contributed by atoms with van der Waals surface area (Å²) in [6.07, 6.45) is -1.87. The molecule has 3 heterocycles. The van der Waals surface area contributed by atoms with Crippen LogP contribution in [-0.4, -0.2) is 64.9 Å². The van der Waals surface area contributed by atoms with E-state index in [-0.39, 0.29) is 24.9 Å². The first-order valence-corrected chi connectivity index (χ1v) is 11.4. The summed E-state index contributed by atoms with van der Waals surface area (Å²) in [4.78, 5) is 54.6. The molecule has 0 spiro atoms. The fourth-order valence-electron chi connectivity index (χ4n) is 4.26. The fourth-order valence-corrected chi connectivity index (χ4v) is 4.26. The fraction of sp³-hybridized carbons (Fsp3) is 0.292. The maximum atomic E-state index is 13.2. The number of aliphatic hydroxyl groups is 1. The van der Waals surface area contributed by atoms with Gasteiger partial charge >= 0.3 is 5.76 Å². The molecular formula is C24H23N5O7. The first-order valence-electron chi connectivity index (χ1n) is 11.4. The van der Waals surface area contributed by atoms with Gasteiger partial charge in [0.25, 0.3) is 11.8 Å². The van der Waals surface area contributed by atoms with Crippen molar-refractivity contribution in [3.05, 3.63) is 59.1 Å². The van der Waals surface area contributed by atoms with Gasteiger partial charge in [0, 0.05) is 42.1 Å². The zero-order valence-corrected chi connectivity index (χ0v) is 19.0. The zero-order valence-electron chi connectivity index (χ0n) is 19.0. The minimum absolute atomic E-state index is 0.0350. The highest BCUT2D eigenvalue weighted by molar-refractivity contribution is 6.04. The average molecular weight is 493 g/mol. The predicted molar refractivity (Wildman–Crippen MR) is 127 cm³/mol. The van der Waals surface area contributed by atoms with Gasteiger partial charge in [0.2, 0.25) is 5.91 Å². The van der Waals surface area contributed by atoms with E-state index in [1.807, 2.05) is 6.07 Å². The highest BCUT2D eigenvalue weighted by atomic mass is 16.5. The predicted octanol–water partition coefficient (Wildman–Crippen LogP) is 0.888. The van der Waals surface area contributed by atoms with Crippen LogP contribution in [0, 0.1) is 0 Å². The van der Waals surface area contributed by atoms with Crippen molar-refractivity contribution >= 4 is 34.8 Å². The number of anilines is 3. The normalized spacial score (nSPS) is 19.0. The van der Waals surface area contributed by atoms with Crippen LogP contribution >= 0.6 is 0 Å². The smallest absolute Gasteiger partial charge is 0.380 e. The number of nitrogens with zero attached hydrogens (tertiary/aromatic N) is 3. The van der Waals surface area contributed by atoms with Crippen LogP contribution in [0.15, 0.2) is 57.8 Å². The Kier molecular flexibility index (Phi) is 6.36. The second kappa shape index (κ2) is 9.76. The number of aliphatic hydroxyl groups excluding tert-OH is 1. The lowest BCUT2D eigenvalue weighted by Crippen LogP contribution is -2.55. The van der Waals surface area contributed by atoms with E-state index in [1.165, 1.54) is 4.90 Å². The molecule has 0 bridgehead atoms. The summed E-state index contributed by atoms with van der Waals surface area (Å²) < 4.78 is 9.94. The molecule has 0 unspecified atom stereocenters. The van der Waals surface area contributed by atoms with E-state index in [0.717, 1.165) is 6.42 Å². The number of amides is 3. The number of H-pyrrole nitrogens is 1. The summed E-state index contributed by atoms with van der Waals surface area (Å²) in [6.45, 7) is 0.989. The van der Waals surface area contributed by atoms with Crippen molar-refractivity contribution in [1.82, 2.24) is 10.1 Å². The lowest BCUT2D eigenvalue weighted by molar-refractivity contribution is -0.150. The van der Waals surface area contributed by atoms with Crippen LogP contribution in [0.2, 0.25) is 0 Å². The molecule has 186 valence electrons. The molecule has 2 atom stereocenters. The van der Waals surface area contributed by atoms with E-state index in [4.69, 9.17) is 4.74 Å². The third-order valence-electron chi connectivity index (χ3n) is 6.07. The Balaban J connectivity index is 1.26. The molecule has 3 amide bonds. The molecule has 2 aliphatic heterocycles. The van der Waals surface area contributed by atoms with E-state index in [1.54, 1.807) is 47.4 Å². The maximum Gasteiger partial charge on any atom is 0.439 e. The van der Waals surface area contributed by atoms with Crippen molar-refractivity contribution in [2.45, 2.75) is 25.0 Å². The third kappa shape index (κ3) is 4.63. The van der Waals surface area contributed by atoms with Crippen molar-refractivity contribution < 1.29 is 28.8 Å². The summed E-state index contributed by atoms with van der Waals surface area (Å²) in [6, 6.07) is 13.3. The maximum absolute atomic E-state index is 13.2. The van der Waals surface area contributed by atoms with Gasteiger partial charge in [-0.3, -0.25) is 23.9 Å². The lowest BCUT2D eigenvalue weighted by Gasteiger charge is -2.34. The number of carbonyl (C=O) groups is 3. The van der Waals surface area contributed by atoms with Gasteiger partial charge in [-0.1, -0.05) is 11.2 Å². The van der Waals surface area contributed by atoms with E-state index >= 15 is 0 Å². The molecule has 0 saturated carbocycles. The summed E-state index contributed by atoms with van der Waals surface area (Å²) in [5.74, 6) is -1.79. The van der Waals surface area contributed by atoms with Crippen molar-refractivity contribution in [3.63, 3.8) is 0 Å². The second-order valence-corrected chi connectivity index (χ2v) is 8.41. The minimum atomic E-state index is -1.75. The Morgan fingerprint density at radius 1 is 1.08 bits per heavy atom. The Hall–Kier alpha value is -4.29. The Labute approximate surface area is 204 Å². The second-order valence-electron chi connectivity index (χ2n) is 8.41. The highest BCUT2D eigenvalue weighted by Crippen LogP contribution is 2.28. The van der Waals surface area contributed by atoms with Crippen LogP contribution < -0.4 is 20.9 Å². The lowest BCUT2D eigenvalue weighted by atomic mass is 10.1. The summed E-state index contributed by atoms with van der Waals surface area (Å²) in [7, 11) is 0. The summed E-state index contributed by atoms with van der Waals surface area (Å²) in [5.41, 5.74) is 2.16. The quantitative estimate of drug-likeness (QED) is 0.457. The molecule has 5 rings (SSSR count). The number of ether oxygens (including phenoxy) is 1. The molecule has 2 fully saturated rings. The van der Waals surface area contributed by atoms with Crippen LogP contribution in [0.25, 0.3) is 11.4 Å². The van der Waals surface area contributed by atoms with Crippen LogP contribution in [-0.2, 0) is 19.1 Å². The van der Waals surface area contributed by atoms with Gasteiger partial charge in [0.15, 0.2) is 18.0 Å². The molecule has 36 heavy (non-hydrogen) atoms. The standard InChI is InChI=1S/C24H23N5O7/c30-18-5-2-10-28(18)16-3-1-4-17(13-16)29-11-12-35-20(23(29)33)19(31)22(32)25-15-8-6-14(7-9-15)21-26-24(34)36-27-21/h1,3-4,6-9,13,19-20,31H,2,5,10-12H2,(H,25,32)(H,26,27,34)/t19-,20-/m1/s1. The Morgan fingerprint density at radius 2 is 1.83 bits per heavy atom. The van der Waals surface area contributed by atoms with Gasteiger partial charge in [-0.25, -0.2) is 4.79 Å². The first-order chi connectivity index (χ1) is 17.4. The first kappa shape index (κ1) is 23.5. The van der Waals surface area contributed by atoms with Crippen molar-refractivity contribution in [2.75, 3.05) is 34.8 Å². The van der Waals surface area contributed by atoms with Crippen LogP contribution in [0.1, 0.15) is 12.8 Å². The number of nitrogens with one attached hydrogen (secondary N) is 2. The third-order valence-corrected chi connectivity index (χ3v) is 6.07. The number of hydrogen-bond donors (Lipinski definition) is 3. The molecule has 2 saturated heterocycles. The number of carbonyl (C=O) groups excluding carboxylic acids is 3. The number of benzene rings is 2. The Morgan fingerprint density at radius 3 is 2.50 bits per heavy atom. The van der Waals surface area contributed by atoms with Crippen molar-refractivity contribution in [2.24, 2.45) is 0 Å². The summed E-state index contributed by atoms with van der Waals surface area (Å²) >= 11 is 0. The van der Waals surface area contributed by atoms with E-state index in [0.29, 0.717) is 35.6 Å². The molecule has 1 aromatic heterocycles. The van der Waals surface area contributed by atoms with E-state index in [9.17, 15) is 24.3 Å². The Bertz CT molecular complexity index is 1350. The monoisotopic (exact) mass is 493 g/mol. The van der Waals surface area contributed by atoms with Gasteiger partial charge in [-0.05, 0) is 48.9 Å². The molecule has 0 aliphatic carbocycles.